The van der Waals surface area contributed by atoms with E-state index in [2.05, 4.69) is 5.32 Å². The molecule has 96 valence electrons. The van der Waals surface area contributed by atoms with E-state index in [0.717, 1.165) is 18.4 Å². The molecule has 3 N–H and O–H groups in total. The van der Waals surface area contributed by atoms with Crippen molar-refractivity contribution in [2.75, 3.05) is 5.32 Å². The van der Waals surface area contributed by atoms with Crippen LogP contribution in [0.15, 0.2) is 18.2 Å². The van der Waals surface area contributed by atoms with Crippen molar-refractivity contribution in [3.63, 3.8) is 0 Å². The number of hydrogen-bond acceptors (Lipinski definition) is 4. The molecular weight excluding hydrogens is 230 g/mol. The van der Waals surface area contributed by atoms with Gasteiger partial charge in [-0.05, 0) is 44.7 Å². The summed E-state index contributed by atoms with van der Waals surface area (Å²) in [6.07, 6.45) is 2.26. The Labute approximate surface area is 106 Å². The van der Waals surface area contributed by atoms with Crippen LogP contribution in [-0.2, 0) is 0 Å². The fraction of sp³-hybridized carbons (Fsp3) is 0.500. The highest BCUT2D eigenvalue weighted by atomic mass is 16.4. The lowest BCUT2D eigenvalue weighted by molar-refractivity contribution is -0.133. The molecule has 0 saturated heterocycles. The second-order valence-corrected chi connectivity index (χ2v) is 5.43. The molecule has 4 heteroatoms. The van der Waals surface area contributed by atoms with E-state index in [-0.39, 0.29) is 5.78 Å². The Bertz CT molecular complexity index is 528. The lowest BCUT2D eigenvalue weighted by atomic mass is 9.70. The van der Waals surface area contributed by atoms with Gasteiger partial charge in [-0.15, -0.1) is 0 Å². The molecule has 1 heterocycles. The molecule has 2 aliphatic rings. The van der Waals surface area contributed by atoms with Crippen molar-refractivity contribution in [2.45, 2.75) is 43.9 Å². The molecule has 0 bridgehead atoms. The third-order valence-electron chi connectivity index (χ3n) is 4.15. The van der Waals surface area contributed by atoms with Crippen LogP contribution < -0.4 is 5.32 Å². The lowest BCUT2D eigenvalue weighted by Crippen LogP contribution is -2.67. The number of nitrogens with one attached hydrogen (secondary N) is 1. The van der Waals surface area contributed by atoms with Gasteiger partial charge >= 0.3 is 0 Å². The van der Waals surface area contributed by atoms with Gasteiger partial charge in [-0.2, -0.15) is 0 Å². The summed E-state index contributed by atoms with van der Waals surface area (Å²) in [5.41, 5.74) is -1.16. The molecular formula is C14H17NO3. The third kappa shape index (κ3) is 1.36. The van der Waals surface area contributed by atoms with Gasteiger partial charge in [0.2, 0.25) is 5.78 Å². The SMILES string of the molecule is Cc1ccc2c(c1)C(=O)[C@@]1(O)CCCC[C@@]1(O)N2. The van der Waals surface area contributed by atoms with Crippen LogP contribution in [-0.4, -0.2) is 27.3 Å². The van der Waals surface area contributed by atoms with Crippen molar-refractivity contribution < 1.29 is 15.0 Å². The van der Waals surface area contributed by atoms with Crippen LogP contribution in [0.3, 0.4) is 0 Å². The van der Waals surface area contributed by atoms with Crippen molar-refractivity contribution in [2.24, 2.45) is 0 Å². The minimum Gasteiger partial charge on any atom is -0.377 e. The molecule has 1 fully saturated rings. The van der Waals surface area contributed by atoms with Crippen LogP contribution in [0.1, 0.15) is 41.6 Å². The Balaban J connectivity index is 2.17. The number of hydrogen-bond donors (Lipinski definition) is 3. The van der Waals surface area contributed by atoms with E-state index in [1.54, 1.807) is 12.1 Å². The van der Waals surface area contributed by atoms with Crippen molar-refractivity contribution in [1.82, 2.24) is 0 Å². The Morgan fingerprint density at radius 3 is 2.72 bits per heavy atom. The maximum absolute atomic E-state index is 12.5. The average Bonchev–Trinajstić information content (AvgIpc) is 2.33. The number of aryl methyl sites for hydroxylation is 1. The van der Waals surface area contributed by atoms with Gasteiger partial charge < -0.3 is 15.5 Å². The standard InChI is InChI=1S/C14H17NO3/c1-9-4-5-11-10(8-9)12(16)13(17)6-2-3-7-14(13,18)15-11/h4-5,8,15,17-18H,2-3,6-7H2,1H3/t13-,14-/m0/s1. The zero-order valence-electron chi connectivity index (χ0n) is 10.4. The highest BCUT2D eigenvalue weighted by Crippen LogP contribution is 2.45. The first-order chi connectivity index (χ1) is 8.46. The zero-order chi connectivity index (χ0) is 13.0. The molecule has 18 heavy (non-hydrogen) atoms. The normalized spacial score (nSPS) is 34.5. The molecule has 0 spiro atoms. The van der Waals surface area contributed by atoms with Gasteiger partial charge in [-0.1, -0.05) is 11.6 Å². The van der Waals surface area contributed by atoms with E-state index in [1.807, 2.05) is 13.0 Å². The first kappa shape index (κ1) is 11.7. The van der Waals surface area contributed by atoms with Crippen LogP contribution >= 0.6 is 0 Å². The van der Waals surface area contributed by atoms with Crippen LogP contribution in [0, 0.1) is 6.92 Å². The average molecular weight is 247 g/mol. The molecule has 1 aromatic rings. The first-order valence-corrected chi connectivity index (χ1v) is 6.35. The van der Waals surface area contributed by atoms with Gasteiger partial charge in [0, 0.05) is 11.3 Å². The van der Waals surface area contributed by atoms with E-state index in [0.29, 0.717) is 24.1 Å². The minimum atomic E-state index is -1.69. The number of benzene rings is 1. The van der Waals surface area contributed by atoms with Crippen LogP contribution in [0.4, 0.5) is 5.69 Å². The molecule has 4 nitrogen and oxygen atoms in total. The smallest absolute Gasteiger partial charge is 0.201 e. The van der Waals surface area contributed by atoms with Crippen LogP contribution in [0.5, 0.6) is 0 Å². The van der Waals surface area contributed by atoms with Gasteiger partial charge in [0.1, 0.15) is 0 Å². The molecule has 2 atom stereocenters. The number of carbonyl (C=O) groups is 1. The van der Waals surface area contributed by atoms with Crippen molar-refractivity contribution in [1.29, 1.82) is 0 Å². The number of ketones is 1. The molecule has 1 aliphatic heterocycles. The summed E-state index contributed by atoms with van der Waals surface area (Å²) >= 11 is 0. The van der Waals surface area contributed by atoms with Gasteiger partial charge in [-0.3, -0.25) is 4.79 Å². The molecule has 1 aliphatic carbocycles. The largest absolute Gasteiger partial charge is 0.377 e. The highest BCUT2D eigenvalue weighted by molar-refractivity contribution is 6.09. The van der Waals surface area contributed by atoms with Gasteiger partial charge in [0.25, 0.3) is 0 Å². The lowest BCUT2D eigenvalue weighted by Gasteiger charge is -2.49. The Hall–Kier alpha value is -1.39. The quantitative estimate of drug-likeness (QED) is 0.651. The second-order valence-electron chi connectivity index (χ2n) is 5.43. The summed E-state index contributed by atoms with van der Waals surface area (Å²) in [6, 6.07) is 5.43. The summed E-state index contributed by atoms with van der Waals surface area (Å²) in [5, 5.41) is 24.1. The molecule has 0 amide bonds. The van der Waals surface area contributed by atoms with E-state index >= 15 is 0 Å². The highest BCUT2D eigenvalue weighted by Gasteiger charge is 2.59. The molecule has 1 aromatic carbocycles. The molecule has 0 aromatic heterocycles. The Morgan fingerprint density at radius 2 is 1.94 bits per heavy atom. The maximum Gasteiger partial charge on any atom is 0.201 e. The van der Waals surface area contributed by atoms with Gasteiger partial charge in [0.15, 0.2) is 11.3 Å². The third-order valence-corrected chi connectivity index (χ3v) is 4.15. The zero-order valence-corrected chi connectivity index (χ0v) is 10.4. The fourth-order valence-electron chi connectivity index (χ4n) is 3.04. The van der Waals surface area contributed by atoms with Gasteiger partial charge in [-0.25, -0.2) is 0 Å². The summed E-state index contributed by atoms with van der Waals surface area (Å²) in [4.78, 5) is 12.5. The molecule has 0 unspecified atom stereocenters. The van der Waals surface area contributed by atoms with E-state index in [4.69, 9.17) is 0 Å². The molecule has 0 radical (unpaired) electrons. The first-order valence-electron chi connectivity index (χ1n) is 6.35. The van der Waals surface area contributed by atoms with Crippen LogP contribution in [0.2, 0.25) is 0 Å². The summed E-state index contributed by atoms with van der Waals surface area (Å²) in [5.74, 6) is -0.359. The minimum absolute atomic E-state index is 0.308. The summed E-state index contributed by atoms with van der Waals surface area (Å²) in [7, 11) is 0. The van der Waals surface area contributed by atoms with Crippen LogP contribution in [0.25, 0.3) is 0 Å². The summed E-state index contributed by atoms with van der Waals surface area (Å²) in [6.45, 7) is 1.90. The maximum atomic E-state index is 12.5. The predicted molar refractivity (Wildman–Crippen MR) is 67.5 cm³/mol. The number of aliphatic hydroxyl groups is 2. The van der Waals surface area contributed by atoms with Crippen molar-refractivity contribution >= 4 is 11.5 Å². The Morgan fingerprint density at radius 1 is 1.22 bits per heavy atom. The van der Waals surface area contributed by atoms with E-state index in [9.17, 15) is 15.0 Å². The van der Waals surface area contributed by atoms with Crippen molar-refractivity contribution in [3.8, 4) is 0 Å². The van der Waals surface area contributed by atoms with Crippen molar-refractivity contribution in [3.05, 3.63) is 29.3 Å². The van der Waals surface area contributed by atoms with Gasteiger partial charge in [0.05, 0.1) is 0 Å². The number of fused-ring (bicyclic) bond motifs is 2. The van der Waals surface area contributed by atoms with E-state index < -0.39 is 11.3 Å². The number of anilines is 1. The fourth-order valence-corrected chi connectivity index (χ4v) is 3.04. The predicted octanol–water partition coefficient (Wildman–Crippen LogP) is 1.60. The number of rotatable bonds is 0. The summed E-state index contributed by atoms with van der Waals surface area (Å²) < 4.78 is 0. The topological polar surface area (TPSA) is 69.6 Å². The monoisotopic (exact) mass is 247 g/mol. The number of Topliss-reactive ketones (excluding diaryl/α,β-unsaturated/α-hetero) is 1. The Kier molecular flexibility index (Phi) is 2.31. The number of carbonyl (C=O) groups excluding carboxylic acids is 1. The molecule has 3 rings (SSSR count). The molecule has 1 saturated carbocycles. The van der Waals surface area contributed by atoms with E-state index in [1.165, 1.54) is 0 Å². The second kappa shape index (κ2) is 3.56.